The van der Waals surface area contributed by atoms with Gasteiger partial charge in [-0.05, 0) is 30.2 Å². The lowest BCUT2D eigenvalue weighted by Gasteiger charge is -2.04. The molecule has 7 heteroatoms. The molecule has 0 spiro atoms. The maximum Gasteiger partial charge on any atom is 0.345 e. The molecule has 0 aliphatic carbocycles. The topological polar surface area (TPSA) is 83.0 Å². The van der Waals surface area contributed by atoms with Crippen LogP contribution in [0.1, 0.15) is 26.6 Å². The average Bonchev–Trinajstić information content (AvgIpc) is 2.88. The van der Waals surface area contributed by atoms with Crippen molar-refractivity contribution in [3.63, 3.8) is 0 Å². The third kappa shape index (κ3) is 2.75. The molecule has 2 heterocycles. The maximum atomic E-state index is 12.0. The second-order valence-corrected chi connectivity index (χ2v) is 6.36. The number of hydrogen-bond donors (Lipinski definition) is 2. The lowest BCUT2D eigenvalue weighted by Crippen LogP contribution is -2.10. The van der Waals surface area contributed by atoms with Crippen LogP contribution >= 0.6 is 22.9 Å². The fourth-order valence-corrected chi connectivity index (χ4v) is 3.14. The molecule has 0 radical (unpaired) electrons. The molecule has 0 aliphatic rings. The molecular weight excluding hydrogens is 324 g/mol. The fourth-order valence-electron chi connectivity index (χ4n) is 2.19. The van der Waals surface area contributed by atoms with Gasteiger partial charge in [-0.2, -0.15) is 0 Å². The summed E-state index contributed by atoms with van der Waals surface area (Å²) in [6, 6.07) is 7.03. The summed E-state index contributed by atoms with van der Waals surface area (Å²) < 4.78 is 0.327. The predicted octanol–water partition coefficient (Wildman–Crippen LogP) is 3.24. The number of aromatic nitrogens is 2. The Hall–Kier alpha value is -2.18. The Morgan fingerprint density at radius 1 is 1.41 bits per heavy atom. The lowest BCUT2D eigenvalue weighted by atomic mass is 10.1. The Balaban J connectivity index is 2.02. The minimum Gasteiger partial charge on any atom is -0.477 e. The second kappa shape index (κ2) is 5.55. The van der Waals surface area contributed by atoms with Crippen molar-refractivity contribution in [2.45, 2.75) is 13.3 Å². The van der Waals surface area contributed by atoms with Crippen LogP contribution in [0.5, 0.6) is 0 Å². The quantitative estimate of drug-likeness (QED) is 0.770. The molecule has 5 nitrogen and oxygen atoms in total. The summed E-state index contributed by atoms with van der Waals surface area (Å²) >= 11 is 6.92. The van der Waals surface area contributed by atoms with Gasteiger partial charge in [0.15, 0.2) is 0 Å². The van der Waals surface area contributed by atoms with Crippen molar-refractivity contribution >= 4 is 39.1 Å². The number of carboxylic acid groups (broad SMARTS) is 1. The van der Waals surface area contributed by atoms with Gasteiger partial charge in [0.2, 0.25) is 0 Å². The van der Waals surface area contributed by atoms with Crippen LogP contribution in [0.4, 0.5) is 0 Å². The SMILES string of the molecule is Cc1cc(Cc2nc3cc(C(=O)O)sc3c(=O)[nH]2)ccc1Cl. The third-order valence-electron chi connectivity index (χ3n) is 3.24. The first-order chi connectivity index (χ1) is 10.4. The summed E-state index contributed by atoms with van der Waals surface area (Å²) in [7, 11) is 0. The number of nitrogens with one attached hydrogen (secondary N) is 1. The monoisotopic (exact) mass is 334 g/mol. The summed E-state index contributed by atoms with van der Waals surface area (Å²) in [5, 5.41) is 9.68. The van der Waals surface area contributed by atoms with E-state index in [-0.39, 0.29) is 10.4 Å². The van der Waals surface area contributed by atoms with Crippen LogP contribution in [-0.2, 0) is 6.42 Å². The first-order valence-corrected chi connectivity index (χ1v) is 7.64. The summed E-state index contributed by atoms with van der Waals surface area (Å²) in [4.78, 5) is 30.2. The van der Waals surface area contributed by atoms with Crippen molar-refractivity contribution in [2.75, 3.05) is 0 Å². The molecule has 0 atom stereocenters. The molecule has 0 amide bonds. The Morgan fingerprint density at radius 3 is 2.86 bits per heavy atom. The molecule has 1 aromatic carbocycles. The number of halogens is 1. The van der Waals surface area contributed by atoms with Crippen molar-refractivity contribution in [1.82, 2.24) is 9.97 Å². The van der Waals surface area contributed by atoms with E-state index in [4.69, 9.17) is 16.7 Å². The van der Waals surface area contributed by atoms with Crippen LogP contribution in [-0.4, -0.2) is 21.0 Å². The van der Waals surface area contributed by atoms with E-state index in [0.29, 0.717) is 27.5 Å². The number of aromatic carboxylic acids is 1. The molecule has 0 aliphatic heterocycles. The zero-order chi connectivity index (χ0) is 15.9. The average molecular weight is 335 g/mol. The Labute approximate surface area is 134 Å². The highest BCUT2D eigenvalue weighted by Gasteiger charge is 2.13. The van der Waals surface area contributed by atoms with Gasteiger partial charge in [-0.3, -0.25) is 4.79 Å². The smallest absolute Gasteiger partial charge is 0.345 e. The van der Waals surface area contributed by atoms with Crippen molar-refractivity contribution in [3.8, 4) is 0 Å². The standard InChI is InChI=1S/C15H11ClN2O3S/c1-7-4-8(2-3-9(7)16)5-12-17-10-6-11(15(20)21)22-13(10)14(19)18-12/h2-4,6H,5H2,1H3,(H,20,21)(H,17,18,19). The number of rotatable bonds is 3. The molecule has 0 unspecified atom stereocenters. The number of aromatic amines is 1. The lowest BCUT2D eigenvalue weighted by molar-refractivity contribution is 0.0702. The van der Waals surface area contributed by atoms with Crippen LogP contribution in [0.15, 0.2) is 29.1 Å². The number of fused-ring (bicyclic) bond motifs is 1. The molecule has 0 bridgehead atoms. The zero-order valence-electron chi connectivity index (χ0n) is 11.5. The number of carbonyl (C=O) groups is 1. The molecule has 0 saturated carbocycles. The fraction of sp³-hybridized carbons (Fsp3) is 0.133. The molecule has 2 N–H and O–H groups in total. The summed E-state index contributed by atoms with van der Waals surface area (Å²) in [5.41, 5.74) is 2.01. The van der Waals surface area contributed by atoms with Gasteiger partial charge in [-0.15, -0.1) is 11.3 Å². The van der Waals surface area contributed by atoms with Crippen molar-refractivity contribution in [3.05, 3.63) is 61.5 Å². The van der Waals surface area contributed by atoms with E-state index < -0.39 is 5.97 Å². The predicted molar refractivity (Wildman–Crippen MR) is 86.2 cm³/mol. The molecule has 112 valence electrons. The van der Waals surface area contributed by atoms with Crippen molar-refractivity contribution < 1.29 is 9.90 Å². The van der Waals surface area contributed by atoms with E-state index in [1.54, 1.807) is 6.07 Å². The van der Waals surface area contributed by atoms with Crippen LogP contribution in [0.25, 0.3) is 10.2 Å². The number of benzene rings is 1. The van der Waals surface area contributed by atoms with E-state index in [9.17, 15) is 9.59 Å². The Bertz CT molecular complexity index is 946. The molecule has 22 heavy (non-hydrogen) atoms. The van der Waals surface area contributed by atoms with E-state index in [1.165, 1.54) is 6.07 Å². The zero-order valence-corrected chi connectivity index (χ0v) is 13.1. The highest BCUT2D eigenvalue weighted by atomic mass is 35.5. The number of nitrogens with zero attached hydrogens (tertiary/aromatic N) is 1. The highest BCUT2D eigenvalue weighted by molar-refractivity contribution is 7.20. The van der Waals surface area contributed by atoms with Crippen LogP contribution in [0.2, 0.25) is 5.02 Å². The van der Waals surface area contributed by atoms with Gasteiger partial charge in [0.1, 0.15) is 15.4 Å². The normalized spacial score (nSPS) is 11.0. The second-order valence-electron chi connectivity index (χ2n) is 4.90. The molecular formula is C15H11ClN2O3S. The summed E-state index contributed by atoms with van der Waals surface area (Å²) in [6.45, 7) is 1.91. The molecule has 3 aromatic rings. The van der Waals surface area contributed by atoms with Crippen molar-refractivity contribution in [1.29, 1.82) is 0 Å². The third-order valence-corrected chi connectivity index (χ3v) is 4.77. The largest absolute Gasteiger partial charge is 0.477 e. The van der Waals surface area contributed by atoms with E-state index in [2.05, 4.69) is 9.97 Å². The van der Waals surface area contributed by atoms with E-state index in [0.717, 1.165) is 22.5 Å². The number of thiophene rings is 1. The first kappa shape index (κ1) is 14.7. The van der Waals surface area contributed by atoms with Gasteiger partial charge in [0.05, 0.1) is 5.52 Å². The molecule has 3 rings (SSSR count). The van der Waals surface area contributed by atoms with Crippen LogP contribution < -0.4 is 5.56 Å². The Morgan fingerprint density at radius 2 is 2.18 bits per heavy atom. The van der Waals surface area contributed by atoms with Crippen molar-refractivity contribution in [2.24, 2.45) is 0 Å². The van der Waals surface area contributed by atoms with Gasteiger partial charge in [0, 0.05) is 11.4 Å². The summed E-state index contributed by atoms with van der Waals surface area (Å²) in [6.07, 6.45) is 0.446. The number of H-pyrrole nitrogens is 1. The van der Waals surface area contributed by atoms with E-state index >= 15 is 0 Å². The molecule has 0 saturated heterocycles. The Kier molecular flexibility index (Phi) is 3.72. The minimum atomic E-state index is -1.06. The summed E-state index contributed by atoms with van der Waals surface area (Å²) in [5.74, 6) is -0.564. The van der Waals surface area contributed by atoms with Crippen LogP contribution in [0.3, 0.4) is 0 Å². The number of carboxylic acids is 1. The van der Waals surface area contributed by atoms with E-state index in [1.807, 2.05) is 19.1 Å². The minimum absolute atomic E-state index is 0.104. The first-order valence-electron chi connectivity index (χ1n) is 6.45. The van der Waals surface area contributed by atoms with Gasteiger partial charge < -0.3 is 10.1 Å². The molecule has 2 aromatic heterocycles. The maximum absolute atomic E-state index is 12.0. The number of hydrogen-bond acceptors (Lipinski definition) is 4. The highest BCUT2D eigenvalue weighted by Crippen LogP contribution is 2.22. The van der Waals surface area contributed by atoms with Gasteiger partial charge in [0.25, 0.3) is 5.56 Å². The number of aryl methyl sites for hydroxylation is 1. The molecule has 0 fully saturated rings. The van der Waals surface area contributed by atoms with Gasteiger partial charge in [-0.1, -0.05) is 23.7 Å². The van der Waals surface area contributed by atoms with Crippen LogP contribution in [0, 0.1) is 6.92 Å². The van der Waals surface area contributed by atoms with Gasteiger partial charge >= 0.3 is 5.97 Å². The van der Waals surface area contributed by atoms with Gasteiger partial charge in [-0.25, -0.2) is 9.78 Å².